The third-order valence-corrected chi connectivity index (χ3v) is 6.45. The first-order valence-electron chi connectivity index (χ1n) is 9.71. The Bertz CT molecular complexity index is 945. The van der Waals surface area contributed by atoms with Gasteiger partial charge < -0.3 is 10.0 Å². The lowest BCUT2D eigenvalue weighted by molar-refractivity contribution is -0.138. The molecule has 1 aliphatic heterocycles. The van der Waals surface area contributed by atoms with Gasteiger partial charge in [-0.15, -0.1) is 0 Å². The summed E-state index contributed by atoms with van der Waals surface area (Å²) in [6, 6.07) is 6.42. The van der Waals surface area contributed by atoms with Crippen LogP contribution in [0.1, 0.15) is 48.9 Å². The maximum atomic E-state index is 11.3. The number of aryl methyl sites for hydroxylation is 1. The van der Waals surface area contributed by atoms with Crippen LogP contribution < -0.4 is 4.90 Å². The van der Waals surface area contributed by atoms with Gasteiger partial charge in [-0.1, -0.05) is 11.6 Å². The monoisotopic (exact) mass is 383 g/mol. The van der Waals surface area contributed by atoms with E-state index in [4.69, 9.17) is 21.6 Å². The Hall–Kier alpha value is -2.14. The number of carbonyl (C=O) groups is 1. The van der Waals surface area contributed by atoms with Gasteiger partial charge in [0.25, 0.3) is 0 Å². The lowest BCUT2D eigenvalue weighted by Crippen LogP contribution is -2.46. The Balaban J connectivity index is 1.58. The maximum Gasteiger partial charge on any atom is 0.307 e. The van der Waals surface area contributed by atoms with Gasteiger partial charge in [-0.05, 0) is 68.7 Å². The number of carboxylic acids is 1. The number of halogens is 1. The number of aliphatic carboxylic acids is 1. The van der Waals surface area contributed by atoms with Crippen LogP contribution in [0.25, 0.3) is 11.3 Å². The lowest BCUT2D eigenvalue weighted by atomic mass is 10.00. The molecule has 1 saturated heterocycles. The van der Waals surface area contributed by atoms with Crippen molar-refractivity contribution in [2.75, 3.05) is 11.4 Å². The van der Waals surface area contributed by atoms with Gasteiger partial charge in [0.05, 0.1) is 11.6 Å². The van der Waals surface area contributed by atoms with Gasteiger partial charge in [-0.3, -0.25) is 4.79 Å². The van der Waals surface area contributed by atoms with Crippen molar-refractivity contribution in [3.8, 4) is 11.3 Å². The molecule has 0 amide bonds. The Kier molecular flexibility index (Phi) is 3.90. The molecular formula is C21H22ClN3O2. The summed E-state index contributed by atoms with van der Waals surface area (Å²) in [4.78, 5) is 23.3. The molecule has 140 valence electrons. The van der Waals surface area contributed by atoms with Gasteiger partial charge in [0.2, 0.25) is 5.95 Å². The highest BCUT2D eigenvalue weighted by Gasteiger charge is 2.44. The van der Waals surface area contributed by atoms with Crippen LogP contribution in [0.4, 0.5) is 5.95 Å². The van der Waals surface area contributed by atoms with Crippen LogP contribution in [-0.2, 0) is 17.6 Å². The Morgan fingerprint density at radius 2 is 2.11 bits per heavy atom. The second-order valence-corrected chi connectivity index (χ2v) is 8.48. The highest BCUT2D eigenvalue weighted by Crippen LogP contribution is 2.49. The van der Waals surface area contributed by atoms with Crippen LogP contribution in [0.5, 0.6) is 0 Å². The minimum Gasteiger partial charge on any atom is -0.481 e. The Morgan fingerprint density at radius 1 is 1.26 bits per heavy atom. The first kappa shape index (κ1) is 17.0. The predicted octanol–water partition coefficient (Wildman–Crippen LogP) is 4.07. The van der Waals surface area contributed by atoms with Crippen molar-refractivity contribution < 1.29 is 9.90 Å². The number of aromatic nitrogens is 2. The largest absolute Gasteiger partial charge is 0.481 e. The number of rotatable bonds is 4. The summed E-state index contributed by atoms with van der Waals surface area (Å²) in [6.07, 6.45) is 4.96. The molecule has 0 unspecified atom stereocenters. The second kappa shape index (κ2) is 6.20. The van der Waals surface area contributed by atoms with E-state index in [0.717, 1.165) is 54.3 Å². The molecule has 2 heterocycles. The fourth-order valence-corrected chi connectivity index (χ4v) is 4.64. The van der Waals surface area contributed by atoms with Crippen molar-refractivity contribution in [3.63, 3.8) is 0 Å². The van der Waals surface area contributed by atoms with Gasteiger partial charge in [0, 0.05) is 34.4 Å². The van der Waals surface area contributed by atoms with E-state index in [9.17, 15) is 9.90 Å². The molecule has 27 heavy (non-hydrogen) atoms. The van der Waals surface area contributed by atoms with Crippen molar-refractivity contribution >= 4 is 23.5 Å². The van der Waals surface area contributed by atoms with Crippen LogP contribution in [0.15, 0.2) is 18.2 Å². The molecule has 1 aromatic heterocycles. The van der Waals surface area contributed by atoms with Crippen molar-refractivity contribution in [2.45, 2.75) is 51.0 Å². The van der Waals surface area contributed by atoms with Gasteiger partial charge in [-0.2, -0.15) is 0 Å². The zero-order valence-corrected chi connectivity index (χ0v) is 16.0. The average molecular weight is 384 g/mol. The minimum absolute atomic E-state index is 0.0599. The van der Waals surface area contributed by atoms with Gasteiger partial charge in [0.1, 0.15) is 0 Å². The molecule has 2 fully saturated rings. The summed E-state index contributed by atoms with van der Waals surface area (Å²) in [5, 5.41) is 9.91. The number of fused-ring (bicyclic) bond motifs is 1. The molecule has 0 radical (unpaired) electrons. The van der Waals surface area contributed by atoms with Crippen molar-refractivity contribution in [1.82, 2.24) is 9.97 Å². The molecule has 2 aliphatic carbocycles. The smallest absolute Gasteiger partial charge is 0.307 e. The molecule has 1 N–H and O–H groups in total. The van der Waals surface area contributed by atoms with E-state index in [0.29, 0.717) is 17.5 Å². The number of carboxylic acid groups (broad SMARTS) is 1. The molecule has 0 spiro atoms. The zero-order chi connectivity index (χ0) is 18.7. The van der Waals surface area contributed by atoms with Gasteiger partial charge in [0.15, 0.2) is 0 Å². The fourth-order valence-electron chi connectivity index (χ4n) is 4.40. The first-order valence-corrected chi connectivity index (χ1v) is 10.1. The third kappa shape index (κ3) is 2.89. The average Bonchev–Trinajstić information content (AvgIpc) is 3.30. The highest BCUT2D eigenvalue weighted by atomic mass is 35.5. The van der Waals surface area contributed by atoms with Crippen LogP contribution in [0.3, 0.4) is 0 Å². The number of nitrogens with zero attached hydrogens (tertiary/aromatic N) is 3. The van der Waals surface area contributed by atoms with Crippen LogP contribution in [0, 0.1) is 5.92 Å². The summed E-state index contributed by atoms with van der Waals surface area (Å²) < 4.78 is 0. The summed E-state index contributed by atoms with van der Waals surface area (Å²) >= 11 is 6.41. The molecule has 1 aromatic carbocycles. The molecule has 3 aliphatic rings. The topological polar surface area (TPSA) is 66.3 Å². The van der Waals surface area contributed by atoms with Crippen molar-refractivity contribution in [2.24, 2.45) is 5.92 Å². The SMILES string of the molecule is C[C@H]1CCN1c1nc2c(c(-c3cc(Cl)cc([C@H]4C[C@@H]4C(=O)O)c3)n1)CCC2. The summed E-state index contributed by atoms with van der Waals surface area (Å²) in [5.74, 6) is -0.131. The van der Waals surface area contributed by atoms with Crippen LogP contribution in [0.2, 0.25) is 5.02 Å². The quantitative estimate of drug-likeness (QED) is 0.861. The van der Waals surface area contributed by atoms with E-state index in [1.807, 2.05) is 12.1 Å². The van der Waals surface area contributed by atoms with E-state index in [1.54, 1.807) is 0 Å². The molecule has 2 aromatic rings. The summed E-state index contributed by atoms with van der Waals surface area (Å²) in [7, 11) is 0. The van der Waals surface area contributed by atoms with Crippen molar-refractivity contribution in [1.29, 1.82) is 0 Å². The summed E-state index contributed by atoms with van der Waals surface area (Å²) in [6.45, 7) is 3.21. The number of hydrogen-bond donors (Lipinski definition) is 1. The Labute approximate surface area is 163 Å². The first-order chi connectivity index (χ1) is 13.0. The maximum absolute atomic E-state index is 11.3. The third-order valence-electron chi connectivity index (χ3n) is 6.23. The highest BCUT2D eigenvalue weighted by molar-refractivity contribution is 6.31. The fraction of sp³-hybridized carbons (Fsp3) is 0.476. The van der Waals surface area contributed by atoms with E-state index < -0.39 is 5.97 Å². The van der Waals surface area contributed by atoms with Crippen molar-refractivity contribution in [3.05, 3.63) is 40.0 Å². The molecule has 0 bridgehead atoms. The molecule has 5 rings (SSSR count). The van der Waals surface area contributed by atoms with E-state index in [2.05, 4.69) is 17.9 Å². The normalized spacial score (nSPS) is 25.9. The molecular weight excluding hydrogens is 362 g/mol. The zero-order valence-electron chi connectivity index (χ0n) is 15.3. The lowest BCUT2D eigenvalue weighted by Gasteiger charge is -2.39. The molecule has 1 saturated carbocycles. The Morgan fingerprint density at radius 3 is 2.78 bits per heavy atom. The van der Waals surface area contributed by atoms with E-state index in [-0.39, 0.29) is 11.8 Å². The second-order valence-electron chi connectivity index (χ2n) is 8.04. The van der Waals surface area contributed by atoms with Gasteiger partial charge in [-0.25, -0.2) is 9.97 Å². The number of anilines is 1. The summed E-state index contributed by atoms with van der Waals surface area (Å²) in [5.41, 5.74) is 5.36. The number of benzene rings is 1. The van der Waals surface area contributed by atoms with Crippen LogP contribution >= 0.6 is 11.6 Å². The van der Waals surface area contributed by atoms with E-state index >= 15 is 0 Å². The van der Waals surface area contributed by atoms with E-state index in [1.165, 1.54) is 12.0 Å². The molecule has 6 heteroatoms. The minimum atomic E-state index is -0.724. The molecule has 3 atom stereocenters. The standard InChI is InChI=1S/C21H22ClN3O2/c1-11-5-6-25(11)21-23-18-4-2-3-15(18)19(24-21)13-7-12(8-14(22)9-13)16-10-17(16)20(26)27/h7-9,11,16-17H,2-6,10H2,1H3,(H,26,27)/t11-,16+,17-/m0/s1. The predicted molar refractivity (Wildman–Crippen MR) is 104 cm³/mol. The van der Waals surface area contributed by atoms with Gasteiger partial charge >= 0.3 is 5.97 Å². The molecule has 5 nitrogen and oxygen atoms in total. The van der Waals surface area contributed by atoms with Crippen LogP contribution in [-0.4, -0.2) is 33.6 Å². The number of hydrogen-bond acceptors (Lipinski definition) is 4.